The van der Waals surface area contributed by atoms with Gasteiger partial charge in [-0.3, -0.25) is 4.79 Å². The summed E-state index contributed by atoms with van der Waals surface area (Å²) >= 11 is 0. The SMILES string of the molecule is O=C(O)[C@@H]1CCCCN1C(=O)C1CCNCC1. The summed E-state index contributed by atoms with van der Waals surface area (Å²) in [6, 6.07) is -0.592. The number of carboxylic acids is 1. The number of nitrogens with zero attached hydrogens (tertiary/aromatic N) is 1. The van der Waals surface area contributed by atoms with E-state index in [1.54, 1.807) is 4.90 Å². The summed E-state index contributed by atoms with van der Waals surface area (Å²) in [7, 11) is 0. The average molecular weight is 240 g/mol. The summed E-state index contributed by atoms with van der Waals surface area (Å²) in [5, 5.41) is 12.4. The predicted octanol–water partition coefficient (Wildman–Crippen LogP) is 0.452. The van der Waals surface area contributed by atoms with Gasteiger partial charge in [0.1, 0.15) is 6.04 Å². The number of likely N-dealkylation sites (tertiary alicyclic amines) is 1. The van der Waals surface area contributed by atoms with Gasteiger partial charge in [0, 0.05) is 12.5 Å². The van der Waals surface area contributed by atoms with Crippen molar-refractivity contribution in [2.45, 2.75) is 38.1 Å². The van der Waals surface area contributed by atoms with Crippen molar-refractivity contribution in [3.63, 3.8) is 0 Å². The van der Waals surface area contributed by atoms with Crippen molar-refractivity contribution in [1.29, 1.82) is 0 Å². The molecule has 2 heterocycles. The molecule has 2 aliphatic rings. The van der Waals surface area contributed by atoms with Crippen LogP contribution in [0.4, 0.5) is 0 Å². The molecule has 0 aromatic rings. The Morgan fingerprint density at radius 3 is 2.47 bits per heavy atom. The summed E-state index contributed by atoms with van der Waals surface area (Å²) in [6.07, 6.45) is 4.11. The number of carbonyl (C=O) groups is 2. The number of nitrogens with one attached hydrogen (secondary N) is 1. The Morgan fingerprint density at radius 2 is 1.82 bits per heavy atom. The van der Waals surface area contributed by atoms with Crippen molar-refractivity contribution in [2.24, 2.45) is 5.92 Å². The van der Waals surface area contributed by atoms with E-state index in [0.29, 0.717) is 13.0 Å². The van der Waals surface area contributed by atoms with Crippen molar-refractivity contribution < 1.29 is 14.7 Å². The van der Waals surface area contributed by atoms with E-state index < -0.39 is 12.0 Å². The predicted molar refractivity (Wildman–Crippen MR) is 62.6 cm³/mol. The average Bonchev–Trinajstić information content (AvgIpc) is 2.39. The van der Waals surface area contributed by atoms with Gasteiger partial charge < -0.3 is 15.3 Å². The Kier molecular flexibility index (Phi) is 3.99. The van der Waals surface area contributed by atoms with E-state index in [4.69, 9.17) is 5.11 Å². The number of amides is 1. The third kappa shape index (κ3) is 2.77. The lowest BCUT2D eigenvalue weighted by Crippen LogP contribution is -2.51. The van der Waals surface area contributed by atoms with Crippen LogP contribution in [-0.2, 0) is 9.59 Å². The normalized spacial score (nSPS) is 26.8. The Morgan fingerprint density at radius 1 is 1.12 bits per heavy atom. The molecular formula is C12H20N2O3. The van der Waals surface area contributed by atoms with Crippen LogP contribution in [0, 0.1) is 5.92 Å². The number of hydrogen-bond acceptors (Lipinski definition) is 3. The second kappa shape index (κ2) is 5.49. The summed E-state index contributed by atoms with van der Waals surface area (Å²) < 4.78 is 0. The van der Waals surface area contributed by atoms with Crippen molar-refractivity contribution >= 4 is 11.9 Å². The highest BCUT2D eigenvalue weighted by Gasteiger charge is 2.35. The van der Waals surface area contributed by atoms with Gasteiger partial charge in [-0.05, 0) is 45.2 Å². The first kappa shape index (κ1) is 12.4. The van der Waals surface area contributed by atoms with E-state index >= 15 is 0 Å². The third-order valence-electron chi connectivity index (χ3n) is 3.76. The van der Waals surface area contributed by atoms with Gasteiger partial charge in [-0.25, -0.2) is 4.79 Å². The lowest BCUT2D eigenvalue weighted by molar-refractivity contribution is -0.154. The van der Waals surface area contributed by atoms with Crippen LogP contribution in [0.2, 0.25) is 0 Å². The minimum absolute atomic E-state index is 0.0243. The molecule has 2 saturated heterocycles. The maximum absolute atomic E-state index is 12.3. The van der Waals surface area contributed by atoms with E-state index in [9.17, 15) is 9.59 Å². The van der Waals surface area contributed by atoms with E-state index in [2.05, 4.69) is 5.32 Å². The Bertz CT molecular complexity index is 300. The maximum atomic E-state index is 12.3. The van der Waals surface area contributed by atoms with Gasteiger partial charge in [0.25, 0.3) is 0 Å². The summed E-state index contributed by atoms with van der Waals surface area (Å²) in [5.41, 5.74) is 0. The Labute approximate surface area is 101 Å². The lowest BCUT2D eigenvalue weighted by atomic mass is 9.93. The molecule has 96 valence electrons. The fraction of sp³-hybridized carbons (Fsp3) is 0.833. The van der Waals surface area contributed by atoms with Crippen molar-refractivity contribution in [1.82, 2.24) is 10.2 Å². The molecule has 0 aliphatic carbocycles. The zero-order chi connectivity index (χ0) is 12.3. The molecule has 0 aromatic carbocycles. The number of piperidine rings is 2. The lowest BCUT2D eigenvalue weighted by Gasteiger charge is -2.36. The molecule has 1 amide bonds. The minimum atomic E-state index is -0.855. The highest BCUT2D eigenvalue weighted by molar-refractivity contribution is 5.85. The van der Waals surface area contributed by atoms with Crippen LogP contribution in [0.15, 0.2) is 0 Å². The number of hydrogen-bond donors (Lipinski definition) is 2. The topological polar surface area (TPSA) is 69.6 Å². The number of rotatable bonds is 2. The van der Waals surface area contributed by atoms with Gasteiger partial charge in [-0.1, -0.05) is 0 Å². The fourth-order valence-corrected chi connectivity index (χ4v) is 2.76. The summed E-state index contributed by atoms with van der Waals surface area (Å²) in [4.78, 5) is 25.0. The monoisotopic (exact) mass is 240 g/mol. The number of aliphatic carboxylic acids is 1. The molecule has 2 aliphatic heterocycles. The second-order valence-electron chi connectivity index (χ2n) is 4.91. The molecule has 5 heteroatoms. The molecule has 0 unspecified atom stereocenters. The van der Waals surface area contributed by atoms with Gasteiger partial charge in [0.2, 0.25) is 5.91 Å². The first-order valence-electron chi connectivity index (χ1n) is 6.44. The van der Waals surface area contributed by atoms with Crippen LogP contribution in [0.3, 0.4) is 0 Å². The first-order chi connectivity index (χ1) is 8.20. The fourth-order valence-electron chi connectivity index (χ4n) is 2.76. The first-order valence-corrected chi connectivity index (χ1v) is 6.44. The number of carbonyl (C=O) groups excluding carboxylic acids is 1. The molecule has 0 radical (unpaired) electrons. The van der Waals surface area contributed by atoms with Gasteiger partial charge in [0.15, 0.2) is 0 Å². The zero-order valence-corrected chi connectivity index (χ0v) is 10.0. The van der Waals surface area contributed by atoms with E-state index in [1.165, 1.54) is 0 Å². The van der Waals surface area contributed by atoms with E-state index in [1.807, 2.05) is 0 Å². The third-order valence-corrected chi connectivity index (χ3v) is 3.76. The molecule has 5 nitrogen and oxygen atoms in total. The van der Waals surface area contributed by atoms with Crippen LogP contribution in [0.5, 0.6) is 0 Å². The van der Waals surface area contributed by atoms with Gasteiger partial charge in [-0.15, -0.1) is 0 Å². The summed E-state index contributed by atoms with van der Waals surface area (Å²) in [6.45, 7) is 2.34. The van der Waals surface area contributed by atoms with E-state index in [0.717, 1.165) is 38.8 Å². The minimum Gasteiger partial charge on any atom is -0.480 e. The molecule has 0 bridgehead atoms. The molecule has 2 N–H and O–H groups in total. The molecule has 2 fully saturated rings. The smallest absolute Gasteiger partial charge is 0.326 e. The van der Waals surface area contributed by atoms with Crippen LogP contribution < -0.4 is 5.32 Å². The second-order valence-corrected chi connectivity index (χ2v) is 4.91. The van der Waals surface area contributed by atoms with Crippen LogP contribution in [0.1, 0.15) is 32.1 Å². The highest BCUT2D eigenvalue weighted by atomic mass is 16.4. The van der Waals surface area contributed by atoms with Crippen LogP contribution in [0.25, 0.3) is 0 Å². The standard InChI is InChI=1S/C12H20N2O3/c15-11(9-4-6-13-7-5-9)14-8-2-1-3-10(14)12(16)17/h9-10,13H,1-8H2,(H,16,17)/t10-/m0/s1. The van der Waals surface area contributed by atoms with Crippen molar-refractivity contribution in [2.75, 3.05) is 19.6 Å². The molecule has 2 rings (SSSR count). The quantitative estimate of drug-likeness (QED) is 0.735. The Hall–Kier alpha value is -1.10. The van der Waals surface area contributed by atoms with Gasteiger partial charge in [-0.2, -0.15) is 0 Å². The van der Waals surface area contributed by atoms with Crippen molar-refractivity contribution in [3.8, 4) is 0 Å². The zero-order valence-electron chi connectivity index (χ0n) is 10.0. The maximum Gasteiger partial charge on any atom is 0.326 e. The molecule has 17 heavy (non-hydrogen) atoms. The summed E-state index contributed by atoms with van der Waals surface area (Å²) in [5.74, 6) is -0.776. The molecular weight excluding hydrogens is 220 g/mol. The van der Waals surface area contributed by atoms with E-state index in [-0.39, 0.29) is 11.8 Å². The molecule has 0 aromatic heterocycles. The highest BCUT2D eigenvalue weighted by Crippen LogP contribution is 2.23. The molecule has 1 atom stereocenters. The van der Waals surface area contributed by atoms with Gasteiger partial charge in [0.05, 0.1) is 0 Å². The van der Waals surface area contributed by atoms with Crippen molar-refractivity contribution in [3.05, 3.63) is 0 Å². The Balaban J connectivity index is 2.02. The van der Waals surface area contributed by atoms with Crippen LogP contribution >= 0.6 is 0 Å². The molecule has 0 saturated carbocycles. The largest absolute Gasteiger partial charge is 0.480 e. The molecule has 0 spiro atoms. The van der Waals surface area contributed by atoms with Gasteiger partial charge >= 0.3 is 5.97 Å². The number of carboxylic acid groups (broad SMARTS) is 1. The van der Waals surface area contributed by atoms with Crippen LogP contribution in [-0.4, -0.2) is 47.6 Å².